The highest BCUT2D eigenvalue weighted by molar-refractivity contribution is 8.01. The van der Waals surface area contributed by atoms with Crippen molar-refractivity contribution in [3.63, 3.8) is 0 Å². The van der Waals surface area contributed by atoms with E-state index < -0.39 is 0 Å². The summed E-state index contributed by atoms with van der Waals surface area (Å²) in [5.74, 6) is 0.781. The number of thiazole rings is 1. The van der Waals surface area contributed by atoms with Crippen molar-refractivity contribution in [2.24, 2.45) is 5.92 Å². The van der Waals surface area contributed by atoms with Gasteiger partial charge in [0.25, 0.3) is 0 Å². The number of nitrogens with zero attached hydrogens (tertiary/aromatic N) is 3. The zero-order valence-corrected chi connectivity index (χ0v) is 16.6. The molecule has 1 aromatic heterocycles. The molecule has 1 aromatic carbocycles. The van der Waals surface area contributed by atoms with Crippen molar-refractivity contribution in [3.05, 3.63) is 24.3 Å². The highest BCUT2D eigenvalue weighted by Gasteiger charge is 2.25. The lowest BCUT2D eigenvalue weighted by atomic mass is 10.2. The number of benzene rings is 1. The summed E-state index contributed by atoms with van der Waals surface area (Å²) >= 11 is 3.09. The number of thioether (sulfide) groups is 1. The lowest BCUT2D eigenvalue weighted by molar-refractivity contribution is -0.129. The summed E-state index contributed by atoms with van der Waals surface area (Å²) in [6.07, 6.45) is -0.283. The van der Waals surface area contributed by atoms with E-state index >= 15 is 0 Å². The van der Waals surface area contributed by atoms with Gasteiger partial charge in [-0.3, -0.25) is 4.79 Å². The normalized spacial score (nSPS) is 14.9. The topological polar surface area (TPSA) is 62.7 Å². The molecule has 1 aliphatic heterocycles. The van der Waals surface area contributed by atoms with Gasteiger partial charge >= 0.3 is 6.09 Å². The van der Waals surface area contributed by atoms with E-state index in [1.165, 1.54) is 11.8 Å². The number of amides is 2. The molecule has 2 aromatic rings. The number of carbonyl (C=O) groups excluding carboxylic acids is 2. The lowest BCUT2D eigenvalue weighted by Crippen LogP contribution is -2.51. The van der Waals surface area contributed by atoms with Crippen LogP contribution in [-0.2, 0) is 9.53 Å². The molecule has 0 radical (unpaired) electrons. The average molecular weight is 394 g/mol. The van der Waals surface area contributed by atoms with Crippen molar-refractivity contribution >= 4 is 45.3 Å². The van der Waals surface area contributed by atoms with E-state index in [-0.39, 0.29) is 12.0 Å². The molecule has 1 aliphatic rings. The summed E-state index contributed by atoms with van der Waals surface area (Å²) in [7, 11) is 0. The molecule has 0 saturated carbocycles. The van der Waals surface area contributed by atoms with Crippen LogP contribution in [0.2, 0.25) is 0 Å². The first-order valence-corrected chi connectivity index (χ1v) is 10.5. The van der Waals surface area contributed by atoms with Gasteiger partial charge in [0, 0.05) is 26.2 Å². The van der Waals surface area contributed by atoms with Gasteiger partial charge in [0.2, 0.25) is 5.91 Å². The van der Waals surface area contributed by atoms with Crippen molar-refractivity contribution in [1.29, 1.82) is 0 Å². The number of ether oxygens (including phenoxy) is 1. The number of hydrogen-bond acceptors (Lipinski definition) is 6. The van der Waals surface area contributed by atoms with E-state index in [1.807, 2.05) is 43.0 Å². The number of aromatic nitrogens is 1. The Morgan fingerprint density at radius 1 is 1.19 bits per heavy atom. The molecule has 0 N–H and O–H groups in total. The highest BCUT2D eigenvalue weighted by atomic mass is 32.2. The Bertz CT molecular complexity index is 737. The third kappa shape index (κ3) is 4.88. The van der Waals surface area contributed by atoms with Crippen molar-refractivity contribution in [3.8, 4) is 0 Å². The Hall–Kier alpha value is -1.80. The largest absolute Gasteiger partial charge is 0.449 e. The van der Waals surface area contributed by atoms with Crippen LogP contribution in [0.5, 0.6) is 0 Å². The van der Waals surface area contributed by atoms with Crippen LogP contribution in [0, 0.1) is 5.92 Å². The molecule has 0 unspecified atom stereocenters. The van der Waals surface area contributed by atoms with E-state index in [4.69, 9.17) is 4.74 Å². The third-order valence-corrected chi connectivity index (χ3v) is 6.19. The summed E-state index contributed by atoms with van der Waals surface area (Å²) < 4.78 is 7.29. The van der Waals surface area contributed by atoms with Crippen LogP contribution in [-0.4, -0.2) is 65.3 Å². The Kier molecular flexibility index (Phi) is 6.37. The van der Waals surface area contributed by atoms with Gasteiger partial charge < -0.3 is 14.5 Å². The Morgan fingerprint density at radius 3 is 2.58 bits per heavy atom. The molecule has 0 atom stereocenters. The first kappa shape index (κ1) is 19.0. The van der Waals surface area contributed by atoms with Crippen LogP contribution >= 0.6 is 23.1 Å². The van der Waals surface area contributed by atoms with Crippen LogP contribution in [0.3, 0.4) is 0 Å². The number of para-hydroxylation sites is 1. The minimum Gasteiger partial charge on any atom is -0.449 e. The first-order chi connectivity index (χ1) is 12.5. The monoisotopic (exact) mass is 393 g/mol. The second-order valence-electron chi connectivity index (χ2n) is 6.57. The smallest absolute Gasteiger partial charge is 0.409 e. The minimum atomic E-state index is -0.283. The highest BCUT2D eigenvalue weighted by Crippen LogP contribution is 2.29. The molecular formula is C18H23N3O3S2. The van der Waals surface area contributed by atoms with Crippen LogP contribution in [0.25, 0.3) is 10.2 Å². The number of piperazine rings is 1. The Balaban J connectivity index is 1.44. The van der Waals surface area contributed by atoms with Gasteiger partial charge in [0.05, 0.1) is 22.6 Å². The fourth-order valence-electron chi connectivity index (χ4n) is 2.60. The molecule has 0 spiro atoms. The number of hydrogen-bond donors (Lipinski definition) is 0. The van der Waals surface area contributed by atoms with E-state index in [1.54, 1.807) is 16.2 Å². The Morgan fingerprint density at radius 2 is 1.88 bits per heavy atom. The fraction of sp³-hybridized carbons (Fsp3) is 0.500. The zero-order chi connectivity index (χ0) is 18.5. The summed E-state index contributed by atoms with van der Waals surface area (Å²) in [4.78, 5) is 32.4. The molecule has 0 bridgehead atoms. The molecule has 2 amide bonds. The number of rotatable bonds is 5. The maximum Gasteiger partial charge on any atom is 0.409 e. The molecule has 140 valence electrons. The van der Waals surface area contributed by atoms with Gasteiger partial charge in [-0.05, 0) is 18.1 Å². The quantitative estimate of drug-likeness (QED) is 0.729. The molecule has 2 heterocycles. The second kappa shape index (κ2) is 8.73. The standard InChI is InChI=1S/C18H23N3O3S2/c1-13(2)11-24-18(23)21-9-7-20(8-10-21)16(22)12-25-17-19-14-5-3-4-6-15(14)26-17/h3-6,13H,7-12H2,1-2H3. The van der Waals surface area contributed by atoms with E-state index in [0.717, 1.165) is 14.6 Å². The van der Waals surface area contributed by atoms with E-state index in [0.29, 0.717) is 44.5 Å². The maximum absolute atomic E-state index is 12.4. The van der Waals surface area contributed by atoms with E-state index in [2.05, 4.69) is 4.98 Å². The lowest BCUT2D eigenvalue weighted by Gasteiger charge is -2.34. The van der Waals surface area contributed by atoms with Crippen molar-refractivity contribution in [2.45, 2.75) is 18.2 Å². The summed E-state index contributed by atoms with van der Waals surface area (Å²) in [5.41, 5.74) is 0.973. The van der Waals surface area contributed by atoms with E-state index in [9.17, 15) is 9.59 Å². The first-order valence-electron chi connectivity index (χ1n) is 8.71. The molecule has 6 nitrogen and oxygen atoms in total. The molecular weight excluding hydrogens is 370 g/mol. The maximum atomic E-state index is 12.4. The van der Waals surface area contributed by atoms with Gasteiger partial charge in [0.15, 0.2) is 4.34 Å². The zero-order valence-electron chi connectivity index (χ0n) is 15.0. The van der Waals surface area contributed by atoms with Gasteiger partial charge in [0.1, 0.15) is 0 Å². The molecule has 26 heavy (non-hydrogen) atoms. The molecule has 3 rings (SSSR count). The molecule has 8 heteroatoms. The average Bonchev–Trinajstić information content (AvgIpc) is 3.07. The summed E-state index contributed by atoms with van der Waals surface area (Å²) in [5, 5.41) is 0. The van der Waals surface area contributed by atoms with Gasteiger partial charge in [-0.2, -0.15) is 0 Å². The SMILES string of the molecule is CC(C)COC(=O)N1CCN(C(=O)CSc2nc3ccccc3s2)CC1. The summed E-state index contributed by atoms with van der Waals surface area (Å²) in [6.45, 7) is 6.59. The minimum absolute atomic E-state index is 0.0875. The predicted octanol–water partition coefficient (Wildman–Crippen LogP) is 3.33. The van der Waals surface area contributed by atoms with Crippen LogP contribution < -0.4 is 0 Å². The fourth-order valence-corrected chi connectivity index (χ4v) is 4.57. The van der Waals surface area contributed by atoms with Crippen molar-refractivity contribution < 1.29 is 14.3 Å². The van der Waals surface area contributed by atoms with Gasteiger partial charge in [-0.1, -0.05) is 37.7 Å². The number of carbonyl (C=O) groups is 2. The van der Waals surface area contributed by atoms with Crippen LogP contribution in [0.1, 0.15) is 13.8 Å². The van der Waals surface area contributed by atoms with Gasteiger partial charge in [-0.15, -0.1) is 11.3 Å². The third-order valence-electron chi connectivity index (χ3n) is 4.02. The number of fused-ring (bicyclic) bond motifs is 1. The van der Waals surface area contributed by atoms with Crippen molar-refractivity contribution in [1.82, 2.24) is 14.8 Å². The molecule has 0 aliphatic carbocycles. The van der Waals surface area contributed by atoms with Crippen molar-refractivity contribution in [2.75, 3.05) is 38.5 Å². The summed E-state index contributed by atoms with van der Waals surface area (Å²) in [6, 6.07) is 7.98. The predicted molar refractivity (Wildman–Crippen MR) is 105 cm³/mol. The molecule has 1 saturated heterocycles. The second-order valence-corrected chi connectivity index (χ2v) is 8.83. The van der Waals surface area contributed by atoms with Crippen LogP contribution in [0.4, 0.5) is 4.79 Å². The Labute approximate surface area is 161 Å². The van der Waals surface area contributed by atoms with Gasteiger partial charge in [-0.25, -0.2) is 9.78 Å². The van der Waals surface area contributed by atoms with Crippen LogP contribution in [0.15, 0.2) is 28.6 Å². The molecule has 1 fully saturated rings.